The third-order valence-corrected chi connectivity index (χ3v) is 14.4. The van der Waals surface area contributed by atoms with Gasteiger partial charge in [-0.1, -0.05) is 76.9 Å². The zero-order valence-electron chi connectivity index (χ0n) is 38.3. The number of alkyl carbamates (subject to hydrolysis) is 2. The van der Waals surface area contributed by atoms with E-state index in [4.69, 9.17) is 24.4 Å². The minimum atomic E-state index is -0.704. The fourth-order valence-electron chi connectivity index (χ4n) is 11.0. The predicted octanol–water partition coefficient (Wildman–Crippen LogP) is 8.43. The molecular weight excluding hydrogens is 823 g/mol. The summed E-state index contributed by atoms with van der Waals surface area (Å²) < 4.78 is 9.62. The maximum absolute atomic E-state index is 13.8. The summed E-state index contributed by atoms with van der Waals surface area (Å²) in [6.45, 7) is 8.84. The second kappa shape index (κ2) is 18.0. The van der Waals surface area contributed by atoms with Gasteiger partial charge in [-0.05, 0) is 109 Å². The van der Waals surface area contributed by atoms with Crippen LogP contribution in [0.5, 0.6) is 0 Å². The Morgan fingerprint density at radius 3 is 1.82 bits per heavy atom. The molecule has 342 valence electrons. The molecule has 2 aromatic carbocycles. The lowest BCUT2D eigenvalue weighted by Crippen LogP contribution is -2.51. The number of likely N-dealkylation sites (tertiary alicyclic amines) is 2. The average Bonchev–Trinajstić information content (AvgIpc) is 4.17. The Bertz CT molecular complexity index is 2590. The number of carbonyl (C=O) groups excluding carboxylic acids is 4. The number of nitrogens with zero attached hydrogens (tertiary/aromatic N) is 5. The highest BCUT2D eigenvalue weighted by atomic mass is 16.5. The van der Waals surface area contributed by atoms with Gasteiger partial charge in [0.15, 0.2) is 5.65 Å². The lowest BCUT2D eigenvalue weighted by atomic mass is 9.82. The summed E-state index contributed by atoms with van der Waals surface area (Å²) in [4.78, 5) is 77.3. The predicted molar refractivity (Wildman–Crippen MR) is 246 cm³/mol. The van der Waals surface area contributed by atoms with Crippen LogP contribution in [0.4, 0.5) is 9.59 Å². The van der Waals surface area contributed by atoms with Gasteiger partial charge < -0.3 is 39.9 Å². The van der Waals surface area contributed by atoms with Gasteiger partial charge in [-0.3, -0.25) is 9.59 Å². The van der Waals surface area contributed by atoms with Crippen LogP contribution in [0.15, 0.2) is 54.7 Å². The van der Waals surface area contributed by atoms with Crippen LogP contribution in [0.25, 0.3) is 44.8 Å². The Kier molecular flexibility index (Phi) is 12.2. The molecule has 15 nitrogen and oxygen atoms in total. The van der Waals surface area contributed by atoms with E-state index in [1.807, 2.05) is 43.7 Å². The van der Waals surface area contributed by atoms with Crippen molar-refractivity contribution in [2.45, 2.75) is 116 Å². The van der Waals surface area contributed by atoms with E-state index in [-0.39, 0.29) is 41.1 Å². The number of carbonyl (C=O) groups is 4. The number of hydrogen-bond acceptors (Lipinski definition) is 9. The molecular formula is C50H61N9O6. The van der Waals surface area contributed by atoms with Crippen molar-refractivity contribution in [1.82, 2.24) is 45.4 Å². The average molecular weight is 884 g/mol. The maximum Gasteiger partial charge on any atom is 0.407 e. The van der Waals surface area contributed by atoms with Gasteiger partial charge in [0.1, 0.15) is 23.7 Å². The third kappa shape index (κ3) is 8.45. The summed E-state index contributed by atoms with van der Waals surface area (Å²) in [5.74, 6) is 0.948. The number of rotatable bonds is 11. The first-order valence-electron chi connectivity index (χ1n) is 23.3. The topological polar surface area (TPSA) is 188 Å². The number of benzene rings is 2. The highest BCUT2D eigenvalue weighted by molar-refractivity contribution is 5.88. The summed E-state index contributed by atoms with van der Waals surface area (Å²) in [6.07, 6.45) is 10.9. The monoisotopic (exact) mass is 883 g/mol. The van der Waals surface area contributed by atoms with Gasteiger partial charge in [-0.2, -0.15) is 0 Å². The molecule has 15 heteroatoms. The van der Waals surface area contributed by atoms with E-state index in [9.17, 15) is 19.2 Å². The van der Waals surface area contributed by atoms with Crippen LogP contribution in [0.3, 0.4) is 0 Å². The number of nitrogens with one attached hydrogen (secondary N) is 4. The minimum Gasteiger partial charge on any atom is -0.453 e. The molecule has 2 saturated heterocycles. The van der Waals surface area contributed by atoms with Crippen molar-refractivity contribution < 1.29 is 28.7 Å². The zero-order chi connectivity index (χ0) is 45.6. The molecule has 9 rings (SSSR count). The van der Waals surface area contributed by atoms with Crippen LogP contribution in [0, 0.1) is 17.3 Å². The summed E-state index contributed by atoms with van der Waals surface area (Å²) >= 11 is 0. The Balaban J connectivity index is 0.964. The molecule has 4 N–H and O–H groups in total. The lowest BCUT2D eigenvalue weighted by Gasteiger charge is -2.30. The van der Waals surface area contributed by atoms with Crippen LogP contribution >= 0.6 is 0 Å². The number of aromatic nitrogens is 5. The molecule has 5 aromatic rings. The molecule has 65 heavy (non-hydrogen) atoms. The first kappa shape index (κ1) is 44.0. The fraction of sp³-hybridized carbons (Fsp3) is 0.500. The van der Waals surface area contributed by atoms with Crippen molar-refractivity contribution in [1.29, 1.82) is 0 Å². The van der Waals surface area contributed by atoms with Crippen molar-refractivity contribution in [3.63, 3.8) is 0 Å². The van der Waals surface area contributed by atoms with E-state index >= 15 is 0 Å². The number of aromatic amines is 2. The molecule has 1 saturated carbocycles. The Labute approximate surface area is 379 Å². The smallest absolute Gasteiger partial charge is 0.407 e. The van der Waals surface area contributed by atoms with Gasteiger partial charge in [0.25, 0.3) is 0 Å². The first-order valence-corrected chi connectivity index (χ1v) is 23.3. The molecule has 2 unspecified atom stereocenters. The maximum atomic E-state index is 13.8. The summed E-state index contributed by atoms with van der Waals surface area (Å²) in [5.41, 5.74) is 10.8. The van der Waals surface area contributed by atoms with Gasteiger partial charge in [-0.25, -0.2) is 24.5 Å². The number of hydrogen-bond donors (Lipinski definition) is 4. The van der Waals surface area contributed by atoms with E-state index in [1.54, 1.807) is 0 Å². The molecule has 0 radical (unpaired) electrons. The molecule has 4 amide bonds. The molecule has 1 spiro atoms. The Hall–Kier alpha value is -6.25. The van der Waals surface area contributed by atoms with Crippen LogP contribution in [0.2, 0.25) is 0 Å². The number of imidazole rings is 2. The first-order chi connectivity index (χ1) is 31.4. The zero-order valence-corrected chi connectivity index (χ0v) is 38.3. The van der Waals surface area contributed by atoms with Crippen molar-refractivity contribution >= 4 is 35.2 Å². The molecule has 2 aliphatic carbocycles. The van der Waals surface area contributed by atoms with Gasteiger partial charge in [0.05, 0.1) is 49.4 Å². The normalized spacial score (nSPS) is 19.9. The largest absolute Gasteiger partial charge is 0.453 e. The van der Waals surface area contributed by atoms with Crippen molar-refractivity contribution in [3.8, 4) is 33.6 Å². The number of methoxy groups -OCH3 is 2. The number of pyridine rings is 1. The highest BCUT2D eigenvalue weighted by Crippen LogP contribution is 2.53. The molecule has 4 atom stereocenters. The molecule has 0 bridgehead atoms. The molecule has 2 aliphatic heterocycles. The molecule has 4 aliphatic rings. The van der Waals surface area contributed by atoms with Gasteiger partial charge in [-0.15, -0.1) is 0 Å². The minimum absolute atomic E-state index is 0.107. The van der Waals surface area contributed by atoms with Crippen LogP contribution < -0.4 is 10.6 Å². The van der Waals surface area contributed by atoms with Crippen LogP contribution in [-0.4, -0.2) is 98.1 Å². The van der Waals surface area contributed by atoms with E-state index in [0.29, 0.717) is 24.6 Å². The highest BCUT2D eigenvalue weighted by Gasteiger charge is 2.43. The standard InChI is InChI=1S/C50H61N9O6/c1-28(2)41(55-48(62)64-5)46(60)58-23-9-11-39(58)44-51-27-38(54-44)31-15-13-30(14-16-31)32-17-18-33(35-26-50(25-34(32)35)21-7-8-22-50)36-19-20-37-43(52-36)57-45(53-37)40-12-10-24-59(40)47(61)42(29(3)4)56-49(63)65-6/h13-20,27-29,39-42H,7-12,21-26H2,1-6H3,(H,51,54)(H,55,62)(H,56,63)(H,52,53,57)/t39?,40?,41-,42+/m0/s1. The van der Waals surface area contributed by atoms with Crippen molar-refractivity contribution in [2.24, 2.45) is 17.3 Å². The van der Waals surface area contributed by atoms with Gasteiger partial charge in [0, 0.05) is 18.7 Å². The summed E-state index contributed by atoms with van der Waals surface area (Å²) in [7, 11) is 2.60. The number of H-pyrrole nitrogens is 2. The third-order valence-electron chi connectivity index (χ3n) is 14.4. The molecule has 3 fully saturated rings. The Morgan fingerprint density at radius 2 is 1.23 bits per heavy atom. The van der Waals surface area contributed by atoms with E-state index in [0.717, 1.165) is 77.9 Å². The molecule has 3 aromatic heterocycles. The summed E-state index contributed by atoms with van der Waals surface area (Å²) in [5, 5.41) is 5.46. The number of amides is 4. The lowest BCUT2D eigenvalue weighted by molar-refractivity contribution is -0.136. The number of fused-ring (bicyclic) bond motifs is 2. The Morgan fingerprint density at radius 1 is 0.677 bits per heavy atom. The van der Waals surface area contributed by atoms with E-state index in [2.05, 4.69) is 69.1 Å². The van der Waals surface area contributed by atoms with Crippen LogP contribution in [-0.2, 0) is 31.9 Å². The van der Waals surface area contributed by atoms with E-state index < -0.39 is 24.3 Å². The second-order valence-electron chi connectivity index (χ2n) is 19.2. The fourth-order valence-corrected chi connectivity index (χ4v) is 11.0. The van der Waals surface area contributed by atoms with Crippen molar-refractivity contribution in [2.75, 3.05) is 27.3 Å². The van der Waals surface area contributed by atoms with Gasteiger partial charge >= 0.3 is 12.2 Å². The molecule has 5 heterocycles. The SMILES string of the molecule is COC(=O)N[C@H](C(=O)N1CCCC1c1ncc(-c2ccc(-c3ccc(-c4ccc5[nH]c(C6CCCN6C(=O)[C@H](NC(=O)OC)C(C)C)nc5n4)c4c3CC3(CCCC3)C4)cc2)[nH]1)C(C)C. The van der Waals surface area contributed by atoms with Crippen molar-refractivity contribution in [3.05, 3.63) is 77.5 Å². The second-order valence-corrected chi connectivity index (χ2v) is 19.2. The number of ether oxygens (including phenoxy) is 2. The van der Waals surface area contributed by atoms with E-state index in [1.165, 1.54) is 56.6 Å². The van der Waals surface area contributed by atoms with Crippen LogP contribution in [0.1, 0.15) is 114 Å². The quantitative estimate of drug-likeness (QED) is 0.101. The summed E-state index contributed by atoms with van der Waals surface area (Å²) in [6, 6.07) is 15.5. The van der Waals surface area contributed by atoms with Gasteiger partial charge in [0.2, 0.25) is 11.8 Å².